The van der Waals surface area contributed by atoms with E-state index in [1.807, 2.05) is 4.90 Å². The van der Waals surface area contributed by atoms with E-state index in [0.29, 0.717) is 18.5 Å². The number of amides is 2. The predicted octanol–water partition coefficient (Wildman–Crippen LogP) is 4.11. The van der Waals surface area contributed by atoms with Gasteiger partial charge < -0.3 is 10.2 Å². The number of unbranched alkanes of at least 4 members (excludes halogenated alkanes) is 2. The molecule has 2 amide bonds. The first-order chi connectivity index (χ1) is 13.2. The molecular weight excluding hydrogens is 338 g/mol. The second-order valence-corrected chi connectivity index (χ2v) is 7.29. The molecule has 0 saturated heterocycles. The maximum Gasteiger partial charge on any atom is 0.254 e. The summed E-state index contributed by atoms with van der Waals surface area (Å²) in [5.74, 6) is -0.126. The lowest BCUT2D eigenvalue weighted by molar-refractivity contribution is -0.126. The average molecular weight is 372 g/mol. The molecule has 1 aliphatic carbocycles. The molecule has 0 radical (unpaired) electrons. The molecule has 27 heavy (non-hydrogen) atoms. The van der Waals surface area contributed by atoms with E-state index in [2.05, 4.69) is 23.8 Å². The van der Waals surface area contributed by atoms with Gasteiger partial charge >= 0.3 is 0 Å². The zero-order chi connectivity index (χ0) is 19.5. The van der Waals surface area contributed by atoms with Crippen LogP contribution in [-0.4, -0.2) is 40.3 Å². The molecule has 2 rings (SSSR count). The van der Waals surface area contributed by atoms with Gasteiger partial charge in [-0.2, -0.15) is 0 Å². The molecule has 1 unspecified atom stereocenters. The van der Waals surface area contributed by atoms with Crippen LogP contribution < -0.4 is 5.32 Å². The van der Waals surface area contributed by atoms with Crippen molar-refractivity contribution in [2.24, 2.45) is 0 Å². The maximum atomic E-state index is 13.4. The Kier molecular flexibility index (Phi) is 9.02. The predicted molar refractivity (Wildman–Crippen MR) is 108 cm³/mol. The molecule has 5 heteroatoms. The quantitative estimate of drug-likeness (QED) is 0.497. The van der Waals surface area contributed by atoms with Crippen LogP contribution in [0.1, 0.15) is 75.1 Å². The van der Waals surface area contributed by atoms with Crippen molar-refractivity contribution in [1.29, 1.82) is 0 Å². The zero-order valence-electron chi connectivity index (χ0n) is 16.5. The molecule has 1 saturated carbocycles. The molecule has 0 aromatic carbocycles. The van der Waals surface area contributed by atoms with Crippen LogP contribution in [0.3, 0.4) is 0 Å². The summed E-state index contributed by atoms with van der Waals surface area (Å²) in [4.78, 5) is 32.2. The minimum atomic E-state index is -0.430. The molecule has 0 spiro atoms. The number of nitrogens with one attached hydrogen (secondary N) is 1. The molecule has 1 N–H and O–H groups in total. The third-order valence-corrected chi connectivity index (χ3v) is 5.27. The van der Waals surface area contributed by atoms with E-state index in [9.17, 15) is 9.59 Å². The smallest absolute Gasteiger partial charge is 0.254 e. The zero-order valence-corrected chi connectivity index (χ0v) is 16.5. The van der Waals surface area contributed by atoms with E-state index in [4.69, 9.17) is 0 Å². The first kappa shape index (κ1) is 21.1. The summed E-state index contributed by atoms with van der Waals surface area (Å²) in [6, 6.07) is 3.17. The summed E-state index contributed by atoms with van der Waals surface area (Å²) in [5.41, 5.74) is 0.604. The number of carbonyl (C=O) groups excluding carboxylic acids is 2. The number of rotatable bonds is 10. The molecular formula is C22H33N3O2. The van der Waals surface area contributed by atoms with Gasteiger partial charge in [-0.1, -0.05) is 51.5 Å². The fourth-order valence-corrected chi connectivity index (χ4v) is 3.84. The number of carbonyl (C=O) groups is 2. The normalized spacial score (nSPS) is 15.7. The molecule has 1 atom stereocenters. The summed E-state index contributed by atoms with van der Waals surface area (Å²) >= 11 is 0. The van der Waals surface area contributed by atoms with Gasteiger partial charge in [-0.15, -0.1) is 6.58 Å². The Labute approximate surface area is 163 Å². The molecule has 1 fully saturated rings. The van der Waals surface area contributed by atoms with E-state index >= 15 is 0 Å². The Bertz CT molecular complexity index is 597. The lowest BCUT2D eigenvalue weighted by Crippen LogP contribution is -2.54. The summed E-state index contributed by atoms with van der Waals surface area (Å²) < 4.78 is 0. The molecule has 1 heterocycles. The van der Waals surface area contributed by atoms with Crippen molar-refractivity contribution in [3.8, 4) is 0 Å². The van der Waals surface area contributed by atoms with Gasteiger partial charge in [-0.05, 0) is 31.4 Å². The van der Waals surface area contributed by atoms with Crippen molar-refractivity contribution < 1.29 is 9.59 Å². The average Bonchev–Trinajstić information content (AvgIpc) is 2.72. The Morgan fingerprint density at radius 1 is 1.26 bits per heavy atom. The van der Waals surface area contributed by atoms with Crippen LogP contribution in [-0.2, 0) is 4.79 Å². The van der Waals surface area contributed by atoms with Crippen molar-refractivity contribution in [2.45, 2.75) is 76.8 Å². The van der Waals surface area contributed by atoms with E-state index in [-0.39, 0.29) is 17.9 Å². The number of nitrogens with zero attached hydrogens (tertiary/aromatic N) is 2. The molecule has 5 nitrogen and oxygen atoms in total. The van der Waals surface area contributed by atoms with Crippen molar-refractivity contribution in [2.75, 3.05) is 6.54 Å². The van der Waals surface area contributed by atoms with Crippen molar-refractivity contribution in [3.05, 3.63) is 42.7 Å². The van der Waals surface area contributed by atoms with Gasteiger partial charge in [-0.25, -0.2) is 0 Å². The van der Waals surface area contributed by atoms with Crippen molar-refractivity contribution in [3.63, 3.8) is 0 Å². The highest BCUT2D eigenvalue weighted by Gasteiger charge is 2.35. The highest BCUT2D eigenvalue weighted by molar-refractivity contribution is 5.97. The van der Waals surface area contributed by atoms with Crippen LogP contribution in [0.25, 0.3) is 0 Å². The molecule has 0 aliphatic heterocycles. The van der Waals surface area contributed by atoms with Gasteiger partial charge in [-0.3, -0.25) is 14.6 Å². The Hall–Kier alpha value is -2.17. The standard InChI is InChI=1S/C22H33N3O2/c1-3-5-7-12-20(21(26)24-15-4-2)25(19-10-8-6-9-11-19)22(27)18-13-16-23-17-14-18/h4,13-14,16-17,19-20H,2-3,5-12,15H2,1H3,(H,24,26). The van der Waals surface area contributed by atoms with E-state index in [1.165, 1.54) is 6.42 Å². The maximum absolute atomic E-state index is 13.4. The highest BCUT2D eigenvalue weighted by Crippen LogP contribution is 2.27. The van der Waals surface area contributed by atoms with Gasteiger partial charge in [0.25, 0.3) is 5.91 Å². The summed E-state index contributed by atoms with van der Waals surface area (Å²) in [7, 11) is 0. The topological polar surface area (TPSA) is 62.3 Å². The second-order valence-electron chi connectivity index (χ2n) is 7.29. The van der Waals surface area contributed by atoms with Crippen molar-refractivity contribution in [1.82, 2.24) is 15.2 Å². The monoisotopic (exact) mass is 371 g/mol. The number of aromatic nitrogens is 1. The van der Waals surface area contributed by atoms with E-state index in [0.717, 1.165) is 44.9 Å². The number of hydrogen-bond acceptors (Lipinski definition) is 3. The Morgan fingerprint density at radius 3 is 2.59 bits per heavy atom. The molecule has 1 aromatic rings. The Morgan fingerprint density at radius 2 is 1.96 bits per heavy atom. The summed E-state index contributed by atoms with van der Waals surface area (Å²) in [5, 5.41) is 2.92. The molecule has 0 bridgehead atoms. The van der Waals surface area contributed by atoms with Gasteiger partial charge in [0.05, 0.1) is 0 Å². The molecule has 148 valence electrons. The third kappa shape index (κ3) is 6.19. The molecule has 1 aromatic heterocycles. The highest BCUT2D eigenvalue weighted by atomic mass is 16.2. The minimum absolute atomic E-state index is 0.0560. The SMILES string of the molecule is C=CCNC(=O)C(CCCCC)N(C(=O)c1ccncc1)C1CCCCC1. The summed E-state index contributed by atoms with van der Waals surface area (Å²) in [6.07, 6.45) is 14.1. The van der Waals surface area contributed by atoms with Crippen molar-refractivity contribution >= 4 is 11.8 Å². The second kappa shape index (κ2) is 11.5. The van der Waals surface area contributed by atoms with Crippen LogP contribution in [0.2, 0.25) is 0 Å². The molecule has 1 aliphatic rings. The van der Waals surface area contributed by atoms with E-state index < -0.39 is 6.04 Å². The fourth-order valence-electron chi connectivity index (χ4n) is 3.84. The number of hydrogen-bond donors (Lipinski definition) is 1. The van der Waals surface area contributed by atoms with Crippen LogP contribution in [0.15, 0.2) is 37.2 Å². The minimum Gasteiger partial charge on any atom is -0.351 e. The third-order valence-electron chi connectivity index (χ3n) is 5.27. The first-order valence-corrected chi connectivity index (χ1v) is 10.3. The summed E-state index contributed by atoms with van der Waals surface area (Å²) in [6.45, 7) is 6.25. The van der Waals surface area contributed by atoms with Gasteiger partial charge in [0.15, 0.2) is 0 Å². The van der Waals surface area contributed by atoms with Crippen LogP contribution >= 0.6 is 0 Å². The Balaban J connectivity index is 2.30. The van der Waals surface area contributed by atoms with Gasteiger partial charge in [0, 0.05) is 30.5 Å². The van der Waals surface area contributed by atoms with Crippen LogP contribution in [0, 0.1) is 0 Å². The first-order valence-electron chi connectivity index (χ1n) is 10.3. The van der Waals surface area contributed by atoms with Crippen LogP contribution in [0.4, 0.5) is 0 Å². The van der Waals surface area contributed by atoms with E-state index in [1.54, 1.807) is 30.6 Å². The van der Waals surface area contributed by atoms with Gasteiger partial charge in [0.2, 0.25) is 5.91 Å². The lowest BCUT2D eigenvalue weighted by Gasteiger charge is -2.39. The number of pyridine rings is 1. The largest absolute Gasteiger partial charge is 0.351 e. The van der Waals surface area contributed by atoms with Gasteiger partial charge in [0.1, 0.15) is 6.04 Å². The van der Waals surface area contributed by atoms with Crippen LogP contribution in [0.5, 0.6) is 0 Å². The fraction of sp³-hybridized carbons (Fsp3) is 0.591. The lowest BCUT2D eigenvalue weighted by atomic mass is 9.91.